The van der Waals surface area contributed by atoms with Crippen LogP contribution in [0, 0.1) is 17.8 Å². The maximum absolute atomic E-state index is 5.67. The van der Waals surface area contributed by atoms with Crippen molar-refractivity contribution in [3.63, 3.8) is 0 Å². The summed E-state index contributed by atoms with van der Waals surface area (Å²) in [6.07, 6.45) is 1.89. The Labute approximate surface area is 82.0 Å². The highest BCUT2D eigenvalue weighted by Crippen LogP contribution is 2.26. The Morgan fingerprint density at radius 1 is 1.64 bits per heavy atom. The third-order valence-electron chi connectivity index (χ3n) is 1.99. The molecule has 0 aliphatic carbocycles. The van der Waals surface area contributed by atoms with Gasteiger partial charge in [-0.1, -0.05) is 28.5 Å². The van der Waals surface area contributed by atoms with E-state index in [1.54, 1.807) is 0 Å². The van der Waals surface area contributed by atoms with Crippen molar-refractivity contribution in [3.05, 3.63) is 0 Å². The average Bonchev–Trinajstić information content (AvgIpc) is 2.33. The molecule has 2 heteroatoms. The van der Waals surface area contributed by atoms with Crippen LogP contribution in [0.5, 0.6) is 0 Å². The quantitative estimate of drug-likeness (QED) is 0.401. The molecule has 0 spiro atoms. The molecular formula is C9H13IO. The smallest absolute Gasteiger partial charge is 0.0689 e. The van der Waals surface area contributed by atoms with Crippen molar-refractivity contribution < 1.29 is 4.74 Å². The van der Waals surface area contributed by atoms with Crippen molar-refractivity contribution >= 4 is 22.6 Å². The third kappa shape index (κ3) is 2.34. The Hall–Kier alpha value is 0.250. The van der Waals surface area contributed by atoms with Gasteiger partial charge < -0.3 is 4.74 Å². The summed E-state index contributed by atoms with van der Waals surface area (Å²) in [5.41, 5.74) is 0. The molecule has 0 unspecified atom stereocenters. The summed E-state index contributed by atoms with van der Waals surface area (Å²) >= 11 is 2.36. The summed E-state index contributed by atoms with van der Waals surface area (Å²) in [6.45, 7) is 4.01. The molecule has 1 fully saturated rings. The Kier molecular flexibility index (Phi) is 3.67. The molecule has 0 aromatic rings. The maximum atomic E-state index is 5.67. The summed E-state index contributed by atoms with van der Waals surface area (Å²) in [7, 11) is 0. The zero-order chi connectivity index (χ0) is 8.27. The molecule has 1 saturated heterocycles. The van der Waals surface area contributed by atoms with Gasteiger partial charge in [0.2, 0.25) is 0 Å². The van der Waals surface area contributed by atoms with E-state index in [1.807, 2.05) is 6.92 Å². The van der Waals surface area contributed by atoms with Gasteiger partial charge in [0.15, 0.2) is 0 Å². The fourth-order valence-corrected chi connectivity index (χ4v) is 1.96. The van der Waals surface area contributed by atoms with Crippen LogP contribution >= 0.6 is 22.6 Å². The lowest BCUT2D eigenvalue weighted by atomic mass is 10.0. The van der Waals surface area contributed by atoms with Gasteiger partial charge in [-0.15, -0.1) is 5.92 Å². The van der Waals surface area contributed by atoms with Crippen molar-refractivity contribution in [2.24, 2.45) is 5.92 Å². The van der Waals surface area contributed by atoms with Gasteiger partial charge in [0.25, 0.3) is 0 Å². The summed E-state index contributed by atoms with van der Waals surface area (Å²) in [5.74, 6) is 6.60. The van der Waals surface area contributed by atoms with Gasteiger partial charge in [-0.05, 0) is 20.3 Å². The minimum absolute atomic E-state index is 0.335. The molecule has 1 rings (SSSR count). The number of rotatable bonds is 1. The lowest BCUT2D eigenvalue weighted by Crippen LogP contribution is -2.10. The van der Waals surface area contributed by atoms with Gasteiger partial charge >= 0.3 is 0 Å². The molecule has 0 radical (unpaired) electrons. The predicted octanol–water partition coefficient (Wildman–Crippen LogP) is 2.24. The SMILES string of the molecule is CC#C[C@H]1C[C@@H](CI)O[C@H]1C. The highest BCUT2D eigenvalue weighted by Gasteiger charge is 2.29. The highest BCUT2D eigenvalue weighted by molar-refractivity contribution is 14.1. The van der Waals surface area contributed by atoms with Crippen molar-refractivity contribution in [2.45, 2.75) is 32.5 Å². The van der Waals surface area contributed by atoms with E-state index in [1.165, 1.54) is 0 Å². The van der Waals surface area contributed by atoms with E-state index in [2.05, 4.69) is 41.4 Å². The third-order valence-corrected chi connectivity index (χ3v) is 2.97. The topological polar surface area (TPSA) is 9.23 Å². The fourth-order valence-electron chi connectivity index (χ4n) is 1.39. The molecule has 3 atom stereocenters. The van der Waals surface area contributed by atoms with Crippen LogP contribution in [-0.4, -0.2) is 16.6 Å². The average molecular weight is 264 g/mol. The van der Waals surface area contributed by atoms with Crippen LogP contribution in [0.15, 0.2) is 0 Å². The van der Waals surface area contributed by atoms with Crippen LogP contribution in [0.3, 0.4) is 0 Å². The summed E-state index contributed by atoms with van der Waals surface area (Å²) in [5, 5.41) is 0. The fraction of sp³-hybridized carbons (Fsp3) is 0.778. The van der Waals surface area contributed by atoms with E-state index in [-0.39, 0.29) is 0 Å². The lowest BCUT2D eigenvalue weighted by molar-refractivity contribution is 0.0656. The molecule has 1 aliphatic rings. The lowest BCUT2D eigenvalue weighted by Gasteiger charge is -2.06. The van der Waals surface area contributed by atoms with Gasteiger partial charge in [-0.2, -0.15) is 0 Å². The van der Waals surface area contributed by atoms with Gasteiger partial charge in [0, 0.05) is 10.3 Å². The first-order chi connectivity index (χ1) is 5.27. The number of alkyl halides is 1. The standard InChI is InChI=1S/C9H13IO/c1-3-4-8-5-9(6-10)11-7(8)2/h7-9H,5-6H2,1-2H3/t7-,8-,9-/m0/s1. The largest absolute Gasteiger partial charge is 0.373 e. The van der Waals surface area contributed by atoms with Gasteiger partial charge in [0.05, 0.1) is 12.2 Å². The van der Waals surface area contributed by atoms with Crippen LogP contribution in [0.4, 0.5) is 0 Å². The second-order valence-electron chi connectivity index (χ2n) is 2.85. The number of hydrogen-bond donors (Lipinski definition) is 0. The zero-order valence-corrected chi connectivity index (χ0v) is 9.09. The molecule has 1 heterocycles. The molecule has 0 N–H and O–H groups in total. The van der Waals surface area contributed by atoms with Crippen molar-refractivity contribution in [1.29, 1.82) is 0 Å². The molecule has 0 aromatic heterocycles. The van der Waals surface area contributed by atoms with Crippen molar-refractivity contribution in [2.75, 3.05) is 4.43 Å². The Morgan fingerprint density at radius 3 is 2.82 bits per heavy atom. The van der Waals surface area contributed by atoms with Crippen LogP contribution in [-0.2, 0) is 4.74 Å². The second kappa shape index (κ2) is 4.32. The van der Waals surface area contributed by atoms with Crippen LogP contribution in [0.1, 0.15) is 20.3 Å². The van der Waals surface area contributed by atoms with E-state index in [9.17, 15) is 0 Å². The minimum atomic E-state index is 0.335. The van der Waals surface area contributed by atoms with Gasteiger partial charge in [0.1, 0.15) is 0 Å². The molecule has 0 saturated carbocycles. The molecule has 1 nitrogen and oxygen atoms in total. The van der Waals surface area contributed by atoms with Crippen LogP contribution < -0.4 is 0 Å². The minimum Gasteiger partial charge on any atom is -0.373 e. The number of hydrogen-bond acceptors (Lipinski definition) is 1. The molecule has 0 amide bonds. The maximum Gasteiger partial charge on any atom is 0.0689 e. The first kappa shape index (κ1) is 9.34. The molecule has 1 aliphatic heterocycles. The second-order valence-corrected chi connectivity index (χ2v) is 3.73. The van der Waals surface area contributed by atoms with E-state index in [4.69, 9.17) is 4.74 Å². The molecule has 62 valence electrons. The Bertz CT molecular complexity index is 180. The number of halogens is 1. The first-order valence-electron chi connectivity index (χ1n) is 3.91. The summed E-state index contributed by atoms with van der Waals surface area (Å²) in [4.78, 5) is 0. The Balaban J connectivity index is 2.49. The van der Waals surface area contributed by atoms with Gasteiger partial charge in [-0.25, -0.2) is 0 Å². The normalized spacial score (nSPS) is 36.5. The first-order valence-corrected chi connectivity index (χ1v) is 5.44. The van der Waals surface area contributed by atoms with Crippen molar-refractivity contribution in [3.8, 4) is 11.8 Å². The van der Waals surface area contributed by atoms with E-state index >= 15 is 0 Å². The predicted molar refractivity (Wildman–Crippen MR) is 54.8 cm³/mol. The monoisotopic (exact) mass is 264 g/mol. The zero-order valence-electron chi connectivity index (χ0n) is 6.93. The summed E-state index contributed by atoms with van der Waals surface area (Å²) < 4.78 is 6.75. The van der Waals surface area contributed by atoms with Crippen LogP contribution in [0.2, 0.25) is 0 Å². The molecule has 0 bridgehead atoms. The summed E-state index contributed by atoms with van der Waals surface area (Å²) in [6, 6.07) is 0. The molecular weight excluding hydrogens is 251 g/mol. The molecule has 11 heavy (non-hydrogen) atoms. The van der Waals surface area contributed by atoms with E-state index in [0.29, 0.717) is 18.1 Å². The van der Waals surface area contributed by atoms with E-state index in [0.717, 1.165) is 10.8 Å². The van der Waals surface area contributed by atoms with E-state index < -0.39 is 0 Å². The van der Waals surface area contributed by atoms with Crippen LogP contribution in [0.25, 0.3) is 0 Å². The highest BCUT2D eigenvalue weighted by atomic mass is 127. The molecule has 0 aromatic carbocycles. The van der Waals surface area contributed by atoms with Crippen molar-refractivity contribution in [1.82, 2.24) is 0 Å². The Morgan fingerprint density at radius 2 is 2.36 bits per heavy atom. The van der Waals surface area contributed by atoms with Gasteiger partial charge in [-0.3, -0.25) is 0 Å². The number of ether oxygens (including phenoxy) is 1.